The Hall–Kier alpha value is -0.890. The Morgan fingerprint density at radius 3 is 2.82 bits per heavy atom. The molecule has 2 nitrogen and oxygen atoms in total. The van der Waals surface area contributed by atoms with Crippen molar-refractivity contribution in [3.05, 3.63) is 23.8 Å². The Morgan fingerprint density at radius 2 is 2.14 bits per heavy atom. The van der Waals surface area contributed by atoms with Crippen LogP contribution in [0.4, 0.5) is 0 Å². The predicted molar refractivity (Wildman–Crippen MR) is 87.5 cm³/mol. The lowest BCUT2D eigenvalue weighted by molar-refractivity contribution is -0.149. The van der Waals surface area contributed by atoms with Gasteiger partial charge >= 0.3 is 0 Å². The van der Waals surface area contributed by atoms with E-state index in [9.17, 15) is 4.79 Å². The highest BCUT2D eigenvalue weighted by Crippen LogP contribution is 2.70. The molecule has 2 aliphatic heterocycles. The van der Waals surface area contributed by atoms with Crippen molar-refractivity contribution in [2.24, 2.45) is 23.2 Å². The summed E-state index contributed by atoms with van der Waals surface area (Å²) in [5, 5.41) is 0. The number of rotatable bonds is 1. The molecule has 22 heavy (non-hydrogen) atoms. The SMILES string of the molecule is C=C1CC[C@H]2C(C)=CC[C@@]34O[C@@]12C[C@]3(C)CC(=O)[C@@H]4C(C)C. The Morgan fingerprint density at radius 1 is 1.41 bits per heavy atom. The Bertz CT molecular complexity index is 601. The fraction of sp³-hybridized carbons (Fsp3) is 0.750. The highest BCUT2D eigenvalue weighted by Gasteiger charge is 2.74. The van der Waals surface area contributed by atoms with E-state index < -0.39 is 0 Å². The number of ether oxygens (including phenoxy) is 1. The molecule has 3 fully saturated rings. The van der Waals surface area contributed by atoms with Gasteiger partial charge in [0.1, 0.15) is 5.78 Å². The average molecular weight is 300 g/mol. The summed E-state index contributed by atoms with van der Waals surface area (Å²) in [5.41, 5.74) is 2.21. The zero-order valence-corrected chi connectivity index (χ0v) is 14.4. The van der Waals surface area contributed by atoms with Crippen LogP contribution in [0.5, 0.6) is 0 Å². The van der Waals surface area contributed by atoms with E-state index >= 15 is 0 Å². The van der Waals surface area contributed by atoms with Crippen LogP contribution in [0.1, 0.15) is 59.8 Å². The molecule has 2 saturated carbocycles. The summed E-state index contributed by atoms with van der Waals surface area (Å²) in [6.07, 6.45) is 7.19. The minimum Gasteiger partial charge on any atom is -0.362 e. The maximum atomic E-state index is 12.8. The van der Waals surface area contributed by atoms with E-state index in [-0.39, 0.29) is 22.5 Å². The molecule has 2 bridgehead atoms. The van der Waals surface area contributed by atoms with Crippen LogP contribution in [0.15, 0.2) is 23.8 Å². The van der Waals surface area contributed by atoms with Gasteiger partial charge in [-0.3, -0.25) is 4.79 Å². The maximum absolute atomic E-state index is 12.8. The standard InChI is InChI=1S/C20H28O2/c1-12(2)17-16(21)10-18(5)11-19-14(4)6-7-15(19)13(3)8-9-20(17,18)22-19/h8,12,15,17H,4,6-7,9-11H2,1-3,5H3/t15-,17-,18-,19-,20-/m0/s1. The summed E-state index contributed by atoms with van der Waals surface area (Å²) < 4.78 is 7.00. The molecule has 0 radical (unpaired) electrons. The molecule has 2 spiro atoms. The molecular formula is C20H28O2. The molecule has 0 amide bonds. The maximum Gasteiger partial charge on any atom is 0.139 e. The molecule has 2 heteroatoms. The van der Waals surface area contributed by atoms with E-state index in [0.29, 0.717) is 24.0 Å². The van der Waals surface area contributed by atoms with Gasteiger partial charge in [0.15, 0.2) is 0 Å². The van der Waals surface area contributed by atoms with E-state index in [1.165, 1.54) is 11.1 Å². The van der Waals surface area contributed by atoms with Crippen molar-refractivity contribution in [1.29, 1.82) is 0 Å². The molecular weight excluding hydrogens is 272 g/mol. The van der Waals surface area contributed by atoms with Crippen molar-refractivity contribution in [2.45, 2.75) is 71.0 Å². The van der Waals surface area contributed by atoms with Gasteiger partial charge in [0.25, 0.3) is 0 Å². The van der Waals surface area contributed by atoms with E-state index in [0.717, 1.165) is 25.7 Å². The molecule has 1 saturated heterocycles. The summed E-state index contributed by atoms with van der Waals surface area (Å²) in [7, 11) is 0. The van der Waals surface area contributed by atoms with E-state index in [1.807, 2.05) is 0 Å². The highest BCUT2D eigenvalue weighted by atomic mass is 16.5. The zero-order valence-electron chi connectivity index (χ0n) is 14.4. The first-order valence-electron chi connectivity index (χ1n) is 8.84. The minimum absolute atomic E-state index is 0.0260. The van der Waals surface area contributed by atoms with Gasteiger partial charge in [-0.05, 0) is 44.1 Å². The number of Topliss-reactive ketones (excluding diaryl/α,β-unsaturated/α-hetero) is 1. The third kappa shape index (κ3) is 1.43. The quantitative estimate of drug-likeness (QED) is 0.669. The van der Waals surface area contributed by atoms with Gasteiger partial charge in [-0.25, -0.2) is 0 Å². The molecule has 4 aliphatic rings. The van der Waals surface area contributed by atoms with Gasteiger partial charge in [-0.2, -0.15) is 0 Å². The summed E-state index contributed by atoms with van der Waals surface area (Å²) >= 11 is 0. The lowest BCUT2D eigenvalue weighted by Crippen LogP contribution is -2.47. The van der Waals surface area contributed by atoms with Crippen LogP contribution in [0.2, 0.25) is 0 Å². The largest absolute Gasteiger partial charge is 0.362 e. The van der Waals surface area contributed by atoms with Crippen LogP contribution in [0, 0.1) is 23.2 Å². The smallest absolute Gasteiger partial charge is 0.139 e. The van der Waals surface area contributed by atoms with Crippen LogP contribution in [0.3, 0.4) is 0 Å². The molecule has 0 aromatic rings. The third-order valence-corrected chi connectivity index (χ3v) is 7.29. The van der Waals surface area contributed by atoms with Crippen LogP contribution < -0.4 is 0 Å². The fourth-order valence-corrected chi connectivity index (χ4v) is 6.40. The topological polar surface area (TPSA) is 26.3 Å². The first kappa shape index (κ1) is 14.7. The van der Waals surface area contributed by atoms with Gasteiger partial charge in [-0.1, -0.05) is 39.0 Å². The monoisotopic (exact) mass is 300 g/mol. The molecule has 5 atom stereocenters. The van der Waals surface area contributed by atoms with Crippen LogP contribution in [-0.2, 0) is 9.53 Å². The molecule has 2 aliphatic carbocycles. The molecule has 0 unspecified atom stereocenters. The predicted octanol–water partition coefficient (Wildman–Crippen LogP) is 4.45. The molecule has 0 N–H and O–H groups in total. The van der Waals surface area contributed by atoms with Crippen molar-refractivity contribution in [3.63, 3.8) is 0 Å². The van der Waals surface area contributed by atoms with Crippen LogP contribution in [0.25, 0.3) is 0 Å². The third-order valence-electron chi connectivity index (χ3n) is 7.29. The van der Waals surface area contributed by atoms with E-state index in [1.54, 1.807) is 0 Å². The summed E-state index contributed by atoms with van der Waals surface area (Å²) in [5.74, 6) is 1.27. The Labute approximate surface area is 134 Å². The summed E-state index contributed by atoms with van der Waals surface area (Å²) in [6.45, 7) is 13.3. The highest BCUT2D eigenvalue weighted by molar-refractivity contribution is 5.87. The van der Waals surface area contributed by atoms with Crippen LogP contribution in [-0.4, -0.2) is 17.0 Å². The fourth-order valence-electron chi connectivity index (χ4n) is 6.40. The number of hydrogen-bond acceptors (Lipinski definition) is 2. The number of hydrogen-bond donors (Lipinski definition) is 0. The van der Waals surface area contributed by atoms with Crippen molar-refractivity contribution in [2.75, 3.05) is 0 Å². The van der Waals surface area contributed by atoms with Crippen molar-refractivity contribution >= 4 is 5.78 Å². The summed E-state index contributed by atoms with van der Waals surface area (Å²) in [6, 6.07) is 0. The first-order chi connectivity index (χ1) is 10.3. The molecule has 2 heterocycles. The average Bonchev–Trinajstić information content (AvgIpc) is 2.86. The Kier molecular flexibility index (Phi) is 2.76. The lowest BCUT2D eigenvalue weighted by Gasteiger charge is -2.41. The molecule has 120 valence electrons. The number of ketones is 1. The lowest BCUT2D eigenvalue weighted by atomic mass is 9.64. The second-order valence-electron chi connectivity index (χ2n) is 8.83. The van der Waals surface area contributed by atoms with Crippen molar-refractivity contribution in [1.82, 2.24) is 0 Å². The van der Waals surface area contributed by atoms with E-state index in [2.05, 4.69) is 40.3 Å². The van der Waals surface area contributed by atoms with Gasteiger partial charge in [-0.15, -0.1) is 0 Å². The second-order valence-corrected chi connectivity index (χ2v) is 8.83. The number of carbonyl (C=O) groups is 1. The Balaban J connectivity index is 1.92. The normalized spacial score (nSPS) is 50.1. The number of carbonyl (C=O) groups excluding carboxylic acids is 1. The molecule has 4 rings (SSSR count). The van der Waals surface area contributed by atoms with Gasteiger partial charge in [0.2, 0.25) is 0 Å². The second kappa shape index (κ2) is 4.14. The minimum atomic E-state index is -0.304. The summed E-state index contributed by atoms with van der Waals surface area (Å²) in [4.78, 5) is 12.8. The van der Waals surface area contributed by atoms with Gasteiger partial charge in [0.05, 0.1) is 11.2 Å². The molecule has 0 aromatic heterocycles. The van der Waals surface area contributed by atoms with Crippen LogP contribution >= 0.6 is 0 Å². The van der Waals surface area contributed by atoms with Crippen molar-refractivity contribution < 1.29 is 9.53 Å². The molecule has 0 aromatic carbocycles. The first-order valence-corrected chi connectivity index (χ1v) is 8.84. The van der Waals surface area contributed by atoms with E-state index in [4.69, 9.17) is 4.74 Å². The van der Waals surface area contributed by atoms with Gasteiger partial charge in [0, 0.05) is 23.7 Å². The zero-order chi connectivity index (χ0) is 15.9. The van der Waals surface area contributed by atoms with Crippen molar-refractivity contribution in [3.8, 4) is 0 Å². The van der Waals surface area contributed by atoms with Gasteiger partial charge < -0.3 is 4.74 Å².